The first kappa shape index (κ1) is 107. The van der Waals surface area contributed by atoms with Crippen LogP contribution in [-0.2, 0) is 14.4 Å². The molecular formula is C99H90Cl12F3N21O6. The summed E-state index contributed by atoms with van der Waals surface area (Å²) in [6, 6.07) is 14.3. The highest BCUT2D eigenvalue weighted by Gasteiger charge is 2.42. The third-order valence-corrected chi connectivity index (χ3v) is 29.8. The summed E-state index contributed by atoms with van der Waals surface area (Å²) in [5, 5.41) is 29.6. The zero-order valence-electron chi connectivity index (χ0n) is 78.4. The van der Waals surface area contributed by atoms with Crippen molar-refractivity contribution in [2.75, 3.05) is 71.2 Å². The number of carbonyl (C=O) groups excluding carboxylic acids is 3. The number of nitrogens with two attached hydrogens (primary N) is 3. The molecule has 0 bridgehead atoms. The Balaban J connectivity index is 0.000000178. The molecule has 0 aliphatic carbocycles. The van der Waals surface area contributed by atoms with Crippen LogP contribution in [-0.4, -0.2) is 152 Å². The summed E-state index contributed by atoms with van der Waals surface area (Å²) in [5.74, 6) is -4.09. The number of amides is 3. The summed E-state index contributed by atoms with van der Waals surface area (Å²) >= 11 is 76.5. The largest absolute Gasteiger partial charge is 0.397 e. The Kier molecular flexibility index (Phi) is 31.9. The third kappa shape index (κ3) is 18.8. The molecule has 3 aromatic carbocycles. The van der Waals surface area contributed by atoms with E-state index in [1.54, 1.807) is 51.5 Å². The van der Waals surface area contributed by atoms with Gasteiger partial charge in [-0.05, 0) is 151 Å². The van der Waals surface area contributed by atoms with Crippen LogP contribution in [0.5, 0.6) is 0 Å². The second-order valence-corrected chi connectivity index (χ2v) is 40.0. The zero-order valence-corrected chi connectivity index (χ0v) is 87.5. The van der Waals surface area contributed by atoms with Gasteiger partial charge in [0.15, 0.2) is 17.5 Å². The second kappa shape index (κ2) is 42.1. The van der Waals surface area contributed by atoms with E-state index in [9.17, 15) is 44.6 Å². The summed E-state index contributed by atoms with van der Waals surface area (Å²) in [7, 11) is 0. The molecule has 15 rings (SSSR count). The predicted octanol–water partition coefficient (Wildman–Crippen LogP) is 23.1. The summed E-state index contributed by atoms with van der Waals surface area (Å²) in [4.78, 5) is 121. The van der Waals surface area contributed by atoms with Crippen LogP contribution < -0.4 is 48.6 Å². The minimum Gasteiger partial charge on any atom is -0.397 e. The maximum absolute atomic E-state index is 15.8. The van der Waals surface area contributed by atoms with E-state index in [-0.39, 0.29) is 258 Å². The summed E-state index contributed by atoms with van der Waals surface area (Å²) in [6.45, 7) is 40.8. The van der Waals surface area contributed by atoms with Gasteiger partial charge in [-0.15, -0.1) is 0 Å². The average molecular weight is 2150 g/mol. The Morgan fingerprint density at radius 1 is 0.383 bits per heavy atom. The lowest BCUT2D eigenvalue weighted by molar-refractivity contribution is -0.131. The third-order valence-electron chi connectivity index (χ3n) is 25.0. The molecule has 0 saturated carbocycles. The molecule has 12 heterocycles. The number of nitrogens with zero attached hydrogens (tertiary/aromatic N) is 18. The number of nitrogen functional groups attached to an aromatic ring is 3. The standard InChI is InChI=1S/3C33H30Cl4FN7O2/c3*1-7-21(46)44-16(5)12-43(13-17(44)6)31-18-10-20(34)29(22-26(38)24(36)23(35)25(37)27(22)40)42-32(18)45(33(47)19(31)11-39)30-15(4)8-9-41-28(30)14(2)3/h3*7-10,14,16-17H,1,12-13,40H2,2-6H3/t3*16-,17+. The molecule has 141 heavy (non-hydrogen) atoms. The van der Waals surface area contributed by atoms with Gasteiger partial charge < -0.3 is 46.6 Å². The van der Waals surface area contributed by atoms with Crippen molar-refractivity contribution in [1.29, 1.82) is 15.8 Å². The Morgan fingerprint density at radius 2 is 0.596 bits per heavy atom. The number of rotatable bonds is 15. The molecule has 0 unspecified atom stereocenters. The maximum Gasteiger partial charge on any atom is 0.276 e. The van der Waals surface area contributed by atoms with Gasteiger partial charge in [-0.25, -0.2) is 28.1 Å². The number of nitriles is 3. The van der Waals surface area contributed by atoms with E-state index in [0.717, 1.165) is 0 Å². The lowest BCUT2D eigenvalue weighted by Gasteiger charge is -2.45. The molecule has 6 atom stereocenters. The van der Waals surface area contributed by atoms with Crippen LogP contribution in [0.1, 0.15) is 151 Å². The van der Waals surface area contributed by atoms with Crippen molar-refractivity contribution in [1.82, 2.24) is 58.3 Å². The number of benzene rings is 3. The summed E-state index contributed by atoms with van der Waals surface area (Å²) in [6.07, 6.45) is 8.68. The summed E-state index contributed by atoms with van der Waals surface area (Å²) in [5.41, 5.74) is 20.3. The highest BCUT2D eigenvalue weighted by Crippen LogP contribution is 2.52. The number of fused-ring (bicyclic) bond motifs is 3. The van der Waals surface area contributed by atoms with Crippen LogP contribution >= 0.6 is 139 Å². The van der Waals surface area contributed by atoms with Crippen LogP contribution in [0.2, 0.25) is 60.3 Å². The van der Waals surface area contributed by atoms with Crippen LogP contribution in [0.15, 0.2) is 107 Å². The molecule has 3 aliphatic rings. The number of carbonyl (C=O) groups is 3. The normalized spacial score (nSPS) is 16.6. The molecule has 3 fully saturated rings. The molecule has 12 aromatic rings. The van der Waals surface area contributed by atoms with Crippen molar-refractivity contribution >= 4 is 224 Å². The van der Waals surface area contributed by atoms with Crippen molar-refractivity contribution in [2.45, 2.75) is 158 Å². The topological polar surface area (TPSA) is 363 Å². The Bertz CT molecular complexity index is 6860. The van der Waals surface area contributed by atoms with Gasteiger partial charge in [0, 0.05) is 110 Å². The van der Waals surface area contributed by atoms with Crippen LogP contribution in [0.4, 0.5) is 47.3 Å². The van der Waals surface area contributed by atoms with Gasteiger partial charge in [0.05, 0.1) is 162 Å². The minimum atomic E-state index is -0.999. The zero-order chi connectivity index (χ0) is 104. The highest BCUT2D eigenvalue weighted by molar-refractivity contribution is 6.52. The quantitative estimate of drug-likeness (QED) is 0.0371. The minimum absolute atomic E-state index is 0.0542. The van der Waals surface area contributed by atoms with Gasteiger partial charge in [-0.2, -0.15) is 15.8 Å². The molecule has 0 spiro atoms. The molecule has 732 valence electrons. The van der Waals surface area contributed by atoms with Crippen LogP contribution in [0.3, 0.4) is 0 Å². The van der Waals surface area contributed by atoms with Gasteiger partial charge in [0.25, 0.3) is 16.7 Å². The van der Waals surface area contributed by atoms with Crippen molar-refractivity contribution in [3.8, 4) is 69.0 Å². The van der Waals surface area contributed by atoms with Crippen LogP contribution in [0.25, 0.3) is 83.9 Å². The Hall–Kier alpha value is -11.6. The molecule has 3 aliphatic heterocycles. The van der Waals surface area contributed by atoms with Crippen LogP contribution in [0, 0.1) is 72.2 Å². The molecule has 6 N–H and O–H groups in total. The Morgan fingerprint density at radius 3 is 0.787 bits per heavy atom. The van der Waals surface area contributed by atoms with Crippen molar-refractivity contribution < 1.29 is 27.6 Å². The number of hydrogen-bond acceptors (Lipinski definition) is 21. The SMILES string of the molecule is C=CC(=O)N1[C@H](C)CN(c2c(C#N)c(=O)n(-c3c(C)ccnc3C(C)C)c3nc(-c4c(N)c(Cl)c(Cl)c(Cl)c4F)c(Cl)cc23)C[C@@H]1C.C=CC(=O)N1[C@H](C)CN(c2c(C#N)c(=O)n(-c3c(C)ccnc3C(C)C)c3nc(-c4c(N)c(Cl)c(Cl)c(Cl)c4F)c(Cl)cc23)C[C@@H]1C.C=CC(=O)N1[C@H](C)CN(c2c(C#N)c(=O)n(-c3c(C)ccnc3C(C)C)c3nc(-c4c(N)c(Cl)c(Cl)c(Cl)c4F)c(Cl)cc23)C[C@@H]1C. The lowest BCUT2D eigenvalue weighted by atomic mass is 10.0. The fraction of sp³-hybridized carbons (Fsp3) is 0.303. The number of halogens is 15. The highest BCUT2D eigenvalue weighted by atomic mass is 35.5. The van der Waals surface area contributed by atoms with E-state index in [2.05, 4.69) is 52.9 Å². The molecule has 3 saturated heterocycles. The van der Waals surface area contributed by atoms with E-state index in [1.807, 2.05) is 119 Å². The monoisotopic (exact) mass is 2150 g/mol. The first-order valence-electron chi connectivity index (χ1n) is 43.9. The molecule has 9 aromatic heterocycles. The van der Waals surface area contributed by atoms with Gasteiger partial charge in [-0.3, -0.25) is 57.4 Å². The summed E-state index contributed by atoms with van der Waals surface area (Å²) < 4.78 is 51.3. The van der Waals surface area contributed by atoms with Gasteiger partial charge in [-0.1, -0.05) is 200 Å². The number of aromatic nitrogens is 9. The van der Waals surface area contributed by atoms with E-state index >= 15 is 13.2 Å². The average Bonchev–Trinajstić information content (AvgIpc) is 0.725. The number of anilines is 6. The number of piperazine rings is 3. The molecule has 0 radical (unpaired) electrons. The Labute approximate surface area is 869 Å². The van der Waals surface area contributed by atoms with Gasteiger partial charge in [0.1, 0.15) is 51.8 Å². The number of aryl methyl sites for hydroxylation is 3. The van der Waals surface area contributed by atoms with Crippen molar-refractivity contribution in [3.63, 3.8) is 0 Å². The van der Waals surface area contributed by atoms with Crippen molar-refractivity contribution in [2.24, 2.45) is 0 Å². The van der Waals surface area contributed by atoms with E-state index < -0.39 is 49.2 Å². The van der Waals surface area contributed by atoms with Gasteiger partial charge in [0.2, 0.25) is 17.7 Å². The fourth-order valence-corrected chi connectivity index (χ4v) is 21.4. The first-order chi connectivity index (χ1) is 66.5. The molecule has 42 heteroatoms. The first-order valence-corrected chi connectivity index (χ1v) is 48.4. The van der Waals surface area contributed by atoms with E-state index in [4.69, 9.17) is 171 Å². The maximum atomic E-state index is 15.8. The van der Waals surface area contributed by atoms with Gasteiger partial charge >= 0.3 is 0 Å². The molecule has 27 nitrogen and oxygen atoms in total. The van der Waals surface area contributed by atoms with Crippen molar-refractivity contribution in [3.05, 3.63) is 252 Å². The second-order valence-electron chi connectivity index (χ2n) is 35.3. The molecule has 3 amide bonds. The smallest absolute Gasteiger partial charge is 0.276 e. The number of hydrogen-bond donors (Lipinski definition) is 3. The lowest BCUT2D eigenvalue weighted by Crippen LogP contribution is -2.58. The number of pyridine rings is 9. The van der Waals surface area contributed by atoms with E-state index in [1.165, 1.54) is 50.1 Å². The molecular weight excluding hydrogens is 2060 g/mol. The fourth-order valence-electron chi connectivity index (χ4n) is 18.9. The predicted molar refractivity (Wildman–Crippen MR) is 560 cm³/mol. The van der Waals surface area contributed by atoms with E-state index in [0.29, 0.717) is 67.0 Å².